The van der Waals surface area contributed by atoms with Crippen LogP contribution in [0.1, 0.15) is 59.8 Å². The van der Waals surface area contributed by atoms with Crippen LogP contribution in [-0.4, -0.2) is 5.78 Å². The van der Waals surface area contributed by atoms with Crippen LogP contribution in [0.5, 0.6) is 0 Å². The summed E-state index contributed by atoms with van der Waals surface area (Å²) in [6.07, 6.45) is 9.97. The SMILES string of the molecule is CC(=O)[C@]1(C)CC=C(CCC=C(C)C)CC1. The van der Waals surface area contributed by atoms with E-state index in [9.17, 15) is 4.79 Å². The quantitative estimate of drug-likeness (QED) is 0.640. The molecule has 0 aromatic heterocycles. The lowest BCUT2D eigenvalue weighted by Gasteiger charge is -2.30. The van der Waals surface area contributed by atoms with Gasteiger partial charge in [-0.15, -0.1) is 0 Å². The first-order valence-corrected chi connectivity index (χ1v) is 6.26. The Hall–Kier alpha value is -0.850. The molecule has 1 heteroatoms. The summed E-state index contributed by atoms with van der Waals surface area (Å²) in [6.45, 7) is 8.10. The third-order valence-corrected chi connectivity index (χ3v) is 3.71. The number of rotatable bonds is 4. The molecular formula is C15H24O. The van der Waals surface area contributed by atoms with Crippen LogP contribution in [-0.2, 0) is 4.79 Å². The molecule has 16 heavy (non-hydrogen) atoms. The number of ketones is 1. The second-order valence-electron chi connectivity index (χ2n) is 5.50. The Morgan fingerprint density at radius 2 is 2.12 bits per heavy atom. The highest BCUT2D eigenvalue weighted by molar-refractivity contribution is 5.82. The van der Waals surface area contributed by atoms with Gasteiger partial charge in [0.05, 0.1) is 0 Å². The van der Waals surface area contributed by atoms with E-state index >= 15 is 0 Å². The van der Waals surface area contributed by atoms with Gasteiger partial charge in [0, 0.05) is 5.41 Å². The number of allylic oxidation sites excluding steroid dienone is 4. The van der Waals surface area contributed by atoms with Crippen molar-refractivity contribution < 1.29 is 4.79 Å². The zero-order valence-corrected chi connectivity index (χ0v) is 11.1. The van der Waals surface area contributed by atoms with Gasteiger partial charge in [-0.2, -0.15) is 0 Å². The Morgan fingerprint density at radius 3 is 2.56 bits per heavy atom. The zero-order valence-electron chi connectivity index (χ0n) is 11.1. The Morgan fingerprint density at radius 1 is 1.44 bits per heavy atom. The van der Waals surface area contributed by atoms with Gasteiger partial charge in [-0.3, -0.25) is 4.79 Å². The normalized spacial score (nSPS) is 24.9. The molecule has 1 aliphatic rings. The molecule has 0 N–H and O–H groups in total. The fourth-order valence-corrected chi connectivity index (χ4v) is 2.10. The Balaban J connectivity index is 2.47. The lowest BCUT2D eigenvalue weighted by atomic mass is 9.73. The first kappa shape index (κ1) is 13.2. The molecular weight excluding hydrogens is 196 g/mol. The topological polar surface area (TPSA) is 17.1 Å². The molecule has 0 radical (unpaired) electrons. The summed E-state index contributed by atoms with van der Waals surface area (Å²) in [5, 5.41) is 0. The van der Waals surface area contributed by atoms with Crippen molar-refractivity contribution in [3.8, 4) is 0 Å². The number of Topliss-reactive ketones (excluding diaryl/α,β-unsaturated/α-hetero) is 1. The fourth-order valence-electron chi connectivity index (χ4n) is 2.10. The van der Waals surface area contributed by atoms with Crippen molar-refractivity contribution in [3.63, 3.8) is 0 Å². The van der Waals surface area contributed by atoms with E-state index in [2.05, 4.69) is 32.9 Å². The Labute approximate surface area is 99.6 Å². The zero-order chi connectivity index (χ0) is 12.2. The largest absolute Gasteiger partial charge is 0.299 e. The monoisotopic (exact) mass is 220 g/mol. The summed E-state index contributed by atoms with van der Waals surface area (Å²) in [5.41, 5.74) is 2.85. The van der Waals surface area contributed by atoms with Crippen molar-refractivity contribution in [2.24, 2.45) is 5.41 Å². The molecule has 0 amide bonds. The molecule has 0 unspecified atom stereocenters. The second-order valence-corrected chi connectivity index (χ2v) is 5.50. The van der Waals surface area contributed by atoms with Crippen molar-refractivity contribution in [2.75, 3.05) is 0 Å². The van der Waals surface area contributed by atoms with Crippen LogP contribution < -0.4 is 0 Å². The molecule has 0 bridgehead atoms. The summed E-state index contributed by atoms with van der Waals surface area (Å²) >= 11 is 0. The van der Waals surface area contributed by atoms with E-state index in [1.807, 2.05) is 0 Å². The van der Waals surface area contributed by atoms with Crippen LogP contribution in [0.25, 0.3) is 0 Å². The second kappa shape index (κ2) is 5.47. The van der Waals surface area contributed by atoms with Gasteiger partial charge in [0.15, 0.2) is 0 Å². The number of carbonyl (C=O) groups is 1. The van der Waals surface area contributed by atoms with Gasteiger partial charge in [0.2, 0.25) is 0 Å². The lowest BCUT2D eigenvalue weighted by Crippen LogP contribution is -2.27. The average molecular weight is 220 g/mol. The van der Waals surface area contributed by atoms with Crippen LogP contribution in [0.15, 0.2) is 23.3 Å². The molecule has 0 heterocycles. The summed E-state index contributed by atoms with van der Waals surface area (Å²) < 4.78 is 0. The van der Waals surface area contributed by atoms with Crippen molar-refractivity contribution in [2.45, 2.75) is 59.8 Å². The summed E-state index contributed by atoms with van der Waals surface area (Å²) in [6, 6.07) is 0. The van der Waals surface area contributed by atoms with Gasteiger partial charge >= 0.3 is 0 Å². The van der Waals surface area contributed by atoms with Crippen LogP contribution in [0.3, 0.4) is 0 Å². The van der Waals surface area contributed by atoms with Crippen molar-refractivity contribution in [1.82, 2.24) is 0 Å². The summed E-state index contributed by atoms with van der Waals surface area (Å²) in [4.78, 5) is 11.5. The van der Waals surface area contributed by atoms with Crippen molar-refractivity contribution in [1.29, 1.82) is 0 Å². The third-order valence-electron chi connectivity index (χ3n) is 3.71. The van der Waals surface area contributed by atoms with Crippen molar-refractivity contribution >= 4 is 5.78 Å². The Kier molecular flexibility index (Phi) is 4.52. The highest BCUT2D eigenvalue weighted by Crippen LogP contribution is 2.36. The minimum absolute atomic E-state index is 0.0833. The van der Waals surface area contributed by atoms with Gasteiger partial charge in [-0.1, -0.05) is 30.2 Å². The van der Waals surface area contributed by atoms with Crippen LogP contribution >= 0.6 is 0 Å². The third kappa shape index (κ3) is 3.62. The summed E-state index contributed by atoms with van der Waals surface area (Å²) in [5.74, 6) is 0.340. The van der Waals surface area contributed by atoms with E-state index in [1.54, 1.807) is 6.92 Å². The van der Waals surface area contributed by atoms with Gasteiger partial charge < -0.3 is 0 Å². The van der Waals surface area contributed by atoms with Gasteiger partial charge in [-0.25, -0.2) is 0 Å². The van der Waals surface area contributed by atoms with Gasteiger partial charge in [0.25, 0.3) is 0 Å². The average Bonchev–Trinajstić information content (AvgIpc) is 2.20. The fraction of sp³-hybridized carbons (Fsp3) is 0.667. The summed E-state index contributed by atoms with van der Waals surface area (Å²) in [7, 11) is 0. The number of hydrogen-bond donors (Lipinski definition) is 0. The maximum atomic E-state index is 11.5. The van der Waals surface area contributed by atoms with E-state index in [-0.39, 0.29) is 5.41 Å². The van der Waals surface area contributed by atoms with Crippen LogP contribution in [0, 0.1) is 5.41 Å². The van der Waals surface area contributed by atoms with Crippen LogP contribution in [0.2, 0.25) is 0 Å². The first-order valence-electron chi connectivity index (χ1n) is 6.26. The highest BCUT2D eigenvalue weighted by Gasteiger charge is 2.30. The number of hydrogen-bond acceptors (Lipinski definition) is 1. The van der Waals surface area contributed by atoms with Gasteiger partial charge in [0.1, 0.15) is 5.78 Å². The molecule has 1 nitrogen and oxygen atoms in total. The highest BCUT2D eigenvalue weighted by atomic mass is 16.1. The Bertz CT molecular complexity index is 318. The maximum Gasteiger partial charge on any atom is 0.136 e. The molecule has 0 aromatic carbocycles. The van der Waals surface area contributed by atoms with E-state index in [0.717, 1.165) is 25.7 Å². The van der Waals surface area contributed by atoms with Crippen molar-refractivity contribution in [3.05, 3.63) is 23.3 Å². The molecule has 90 valence electrons. The van der Waals surface area contributed by atoms with E-state index in [1.165, 1.54) is 17.6 Å². The van der Waals surface area contributed by atoms with E-state index < -0.39 is 0 Å². The molecule has 1 atom stereocenters. The molecule has 0 saturated carbocycles. The van der Waals surface area contributed by atoms with Gasteiger partial charge in [-0.05, 0) is 52.9 Å². The number of carbonyl (C=O) groups excluding carboxylic acids is 1. The molecule has 0 aromatic rings. The van der Waals surface area contributed by atoms with Crippen LogP contribution in [0.4, 0.5) is 0 Å². The first-order chi connectivity index (χ1) is 7.44. The minimum Gasteiger partial charge on any atom is -0.299 e. The predicted octanol–water partition coefficient (Wildman–Crippen LogP) is 4.44. The molecule has 0 aliphatic heterocycles. The van der Waals surface area contributed by atoms with E-state index in [4.69, 9.17) is 0 Å². The molecule has 1 rings (SSSR count). The molecule has 0 saturated heterocycles. The smallest absolute Gasteiger partial charge is 0.136 e. The molecule has 1 aliphatic carbocycles. The molecule has 0 fully saturated rings. The lowest BCUT2D eigenvalue weighted by molar-refractivity contribution is -0.126. The predicted molar refractivity (Wildman–Crippen MR) is 69.4 cm³/mol. The minimum atomic E-state index is -0.0833. The van der Waals surface area contributed by atoms with E-state index in [0.29, 0.717) is 5.78 Å². The molecule has 0 spiro atoms. The standard InChI is InChI=1S/C15H24O/c1-12(2)6-5-7-14-8-10-15(4,11-9-14)13(3)16/h6,8H,5,7,9-11H2,1-4H3/t15-/m1/s1. The maximum absolute atomic E-state index is 11.5.